The standard InChI is InChI=1S/C16H15FN2O/c17-15-7-6-13(10-18-15)16(20)19-9-8-14(11-19)12-4-2-1-3-5-12/h1-7,10,14H,8-9,11H2. The highest BCUT2D eigenvalue weighted by Crippen LogP contribution is 2.27. The molecule has 1 fully saturated rings. The van der Waals surface area contributed by atoms with Gasteiger partial charge in [0.25, 0.3) is 5.91 Å². The van der Waals surface area contributed by atoms with Gasteiger partial charge in [-0.05, 0) is 24.1 Å². The highest BCUT2D eigenvalue weighted by Gasteiger charge is 2.27. The van der Waals surface area contributed by atoms with Crippen LogP contribution in [0.3, 0.4) is 0 Å². The Labute approximate surface area is 117 Å². The predicted molar refractivity (Wildman–Crippen MR) is 73.9 cm³/mol. The first kappa shape index (κ1) is 12.8. The Kier molecular flexibility index (Phi) is 3.46. The van der Waals surface area contributed by atoms with Crippen LogP contribution in [0.15, 0.2) is 48.7 Å². The molecule has 1 saturated heterocycles. The molecule has 3 nitrogen and oxygen atoms in total. The van der Waals surface area contributed by atoms with E-state index < -0.39 is 5.95 Å². The van der Waals surface area contributed by atoms with Gasteiger partial charge in [0.1, 0.15) is 0 Å². The molecule has 1 unspecified atom stereocenters. The zero-order valence-electron chi connectivity index (χ0n) is 11.0. The third-order valence-corrected chi connectivity index (χ3v) is 3.72. The zero-order valence-corrected chi connectivity index (χ0v) is 11.0. The van der Waals surface area contributed by atoms with Gasteiger partial charge in [0.15, 0.2) is 0 Å². The molecule has 1 aromatic heterocycles. The minimum Gasteiger partial charge on any atom is -0.338 e. The van der Waals surface area contributed by atoms with E-state index in [2.05, 4.69) is 17.1 Å². The average molecular weight is 270 g/mol. The second-order valence-electron chi connectivity index (χ2n) is 5.02. The van der Waals surface area contributed by atoms with Crippen molar-refractivity contribution in [1.29, 1.82) is 0 Å². The summed E-state index contributed by atoms with van der Waals surface area (Å²) in [6.45, 7) is 1.44. The number of likely N-dealkylation sites (tertiary alicyclic amines) is 1. The van der Waals surface area contributed by atoms with Crippen molar-refractivity contribution in [3.63, 3.8) is 0 Å². The molecule has 1 amide bonds. The summed E-state index contributed by atoms with van der Waals surface area (Å²) in [5.41, 5.74) is 1.71. The van der Waals surface area contributed by atoms with E-state index in [1.54, 1.807) is 0 Å². The second kappa shape index (κ2) is 5.41. The van der Waals surface area contributed by atoms with E-state index in [9.17, 15) is 9.18 Å². The fraction of sp³-hybridized carbons (Fsp3) is 0.250. The molecule has 3 rings (SSSR count). The fourth-order valence-electron chi connectivity index (χ4n) is 2.63. The van der Waals surface area contributed by atoms with Gasteiger partial charge in [-0.1, -0.05) is 30.3 Å². The Hall–Kier alpha value is -2.23. The lowest BCUT2D eigenvalue weighted by atomic mass is 9.99. The molecule has 0 radical (unpaired) electrons. The van der Waals surface area contributed by atoms with Crippen LogP contribution in [-0.2, 0) is 0 Å². The molecular formula is C16H15FN2O. The molecule has 0 spiro atoms. The van der Waals surface area contributed by atoms with Crippen LogP contribution < -0.4 is 0 Å². The lowest BCUT2D eigenvalue weighted by molar-refractivity contribution is 0.0790. The first-order chi connectivity index (χ1) is 9.74. The number of rotatable bonds is 2. The zero-order chi connectivity index (χ0) is 13.9. The van der Waals surface area contributed by atoms with Crippen LogP contribution >= 0.6 is 0 Å². The van der Waals surface area contributed by atoms with Crippen LogP contribution in [-0.4, -0.2) is 28.9 Å². The first-order valence-electron chi connectivity index (χ1n) is 6.70. The Morgan fingerprint density at radius 2 is 2.00 bits per heavy atom. The highest BCUT2D eigenvalue weighted by atomic mass is 19.1. The third-order valence-electron chi connectivity index (χ3n) is 3.72. The number of aromatic nitrogens is 1. The minimum atomic E-state index is -0.565. The average Bonchev–Trinajstić information content (AvgIpc) is 2.98. The molecule has 0 saturated carbocycles. The van der Waals surface area contributed by atoms with Gasteiger partial charge in [0.05, 0.1) is 5.56 Å². The summed E-state index contributed by atoms with van der Waals surface area (Å²) >= 11 is 0. The Morgan fingerprint density at radius 1 is 1.20 bits per heavy atom. The summed E-state index contributed by atoms with van der Waals surface area (Å²) in [4.78, 5) is 17.6. The minimum absolute atomic E-state index is 0.0732. The molecule has 20 heavy (non-hydrogen) atoms. The second-order valence-corrected chi connectivity index (χ2v) is 5.02. The van der Waals surface area contributed by atoms with Gasteiger partial charge < -0.3 is 4.90 Å². The van der Waals surface area contributed by atoms with Crippen LogP contribution in [0.1, 0.15) is 28.3 Å². The topological polar surface area (TPSA) is 33.2 Å². The summed E-state index contributed by atoms with van der Waals surface area (Å²) in [5.74, 6) is -0.255. The highest BCUT2D eigenvalue weighted by molar-refractivity contribution is 5.94. The molecule has 0 bridgehead atoms. The summed E-state index contributed by atoms with van der Waals surface area (Å²) in [6.07, 6.45) is 2.26. The van der Waals surface area contributed by atoms with Crippen LogP contribution in [0.2, 0.25) is 0 Å². The third kappa shape index (κ3) is 2.54. The lowest BCUT2D eigenvalue weighted by Gasteiger charge is -2.16. The molecule has 4 heteroatoms. The Bertz CT molecular complexity index is 598. The largest absolute Gasteiger partial charge is 0.338 e. The van der Waals surface area contributed by atoms with Gasteiger partial charge in [0.2, 0.25) is 5.95 Å². The summed E-state index contributed by atoms with van der Waals surface area (Å²) in [7, 11) is 0. The van der Waals surface area contributed by atoms with Crippen LogP contribution in [0.25, 0.3) is 0 Å². The van der Waals surface area contributed by atoms with Gasteiger partial charge in [0, 0.05) is 25.2 Å². The van der Waals surface area contributed by atoms with Crippen LogP contribution in [0.4, 0.5) is 4.39 Å². The van der Waals surface area contributed by atoms with E-state index in [-0.39, 0.29) is 5.91 Å². The fourth-order valence-corrected chi connectivity index (χ4v) is 2.63. The molecule has 0 N–H and O–H groups in total. The van der Waals surface area contributed by atoms with Gasteiger partial charge in [-0.2, -0.15) is 4.39 Å². The lowest BCUT2D eigenvalue weighted by Crippen LogP contribution is -2.28. The monoisotopic (exact) mass is 270 g/mol. The molecule has 1 aromatic carbocycles. The van der Waals surface area contributed by atoms with Gasteiger partial charge >= 0.3 is 0 Å². The Morgan fingerprint density at radius 3 is 2.70 bits per heavy atom. The maximum atomic E-state index is 12.8. The molecular weight excluding hydrogens is 255 g/mol. The first-order valence-corrected chi connectivity index (χ1v) is 6.70. The molecule has 1 aliphatic rings. The SMILES string of the molecule is O=C(c1ccc(F)nc1)N1CCC(c2ccccc2)C1. The number of carbonyl (C=O) groups is 1. The van der Waals surface area contributed by atoms with E-state index >= 15 is 0 Å². The van der Waals surface area contributed by atoms with Crippen molar-refractivity contribution in [2.24, 2.45) is 0 Å². The summed E-state index contributed by atoms with van der Waals surface area (Å²) in [5, 5.41) is 0. The van der Waals surface area contributed by atoms with Crippen molar-refractivity contribution in [3.05, 3.63) is 65.7 Å². The number of carbonyl (C=O) groups excluding carboxylic acids is 1. The van der Waals surface area contributed by atoms with Crippen molar-refractivity contribution in [2.75, 3.05) is 13.1 Å². The molecule has 2 aromatic rings. The number of hydrogen-bond donors (Lipinski definition) is 0. The van der Waals surface area contributed by atoms with E-state index in [0.717, 1.165) is 13.0 Å². The number of nitrogens with zero attached hydrogens (tertiary/aromatic N) is 2. The summed E-state index contributed by atoms with van der Waals surface area (Å²) in [6, 6.07) is 12.9. The molecule has 102 valence electrons. The smallest absolute Gasteiger partial charge is 0.255 e. The van der Waals surface area contributed by atoms with Crippen LogP contribution in [0.5, 0.6) is 0 Å². The number of benzene rings is 1. The Balaban J connectivity index is 1.71. The van der Waals surface area contributed by atoms with Gasteiger partial charge in [-0.25, -0.2) is 4.98 Å². The van der Waals surface area contributed by atoms with Crippen molar-refractivity contribution in [2.45, 2.75) is 12.3 Å². The number of pyridine rings is 1. The normalized spacial score (nSPS) is 18.2. The number of halogens is 1. The number of hydrogen-bond acceptors (Lipinski definition) is 2. The predicted octanol–water partition coefficient (Wildman–Crippen LogP) is 2.85. The van der Waals surface area contributed by atoms with Gasteiger partial charge in [-0.3, -0.25) is 4.79 Å². The van der Waals surface area contributed by atoms with Crippen molar-refractivity contribution in [3.8, 4) is 0 Å². The van der Waals surface area contributed by atoms with Crippen LogP contribution in [0, 0.1) is 5.95 Å². The molecule has 1 atom stereocenters. The molecule has 2 heterocycles. The summed E-state index contributed by atoms with van der Waals surface area (Å²) < 4.78 is 12.8. The van der Waals surface area contributed by atoms with E-state index in [4.69, 9.17) is 0 Å². The van der Waals surface area contributed by atoms with E-state index in [0.29, 0.717) is 18.0 Å². The van der Waals surface area contributed by atoms with E-state index in [1.807, 2.05) is 23.1 Å². The number of amides is 1. The maximum Gasteiger partial charge on any atom is 0.255 e. The molecule has 0 aliphatic carbocycles. The van der Waals surface area contributed by atoms with Gasteiger partial charge in [-0.15, -0.1) is 0 Å². The van der Waals surface area contributed by atoms with E-state index in [1.165, 1.54) is 23.9 Å². The maximum absolute atomic E-state index is 12.8. The molecule has 1 aliphatic heterocycles. The van der Waals surface area contributed by atoms with Crippen molar-refractivity contribution >= 4 is 5.91 Å². The van der Waals surface area contributed by atoms with Crippen molar-refractivity contribution < 1.29 is 9.18 Å². The van der Waals surface area contributed by atoms with Crippen molar-refractivity contribution in [1.82, 2.24) is 9.88 Å². The quantitative estimate of drug-likeness (QED) is 0.786.